The van der Waals surface area contributed by atoms with Crippen LogP contribution in [0.25, 0.3) is 0 Å². The lowest BCUT2D eigenvalue weighted by atomic mass is 10.3. The van der Waals surface area contributed by atoms with Crippen LogP contribution < -0.4 is 10.6 Å². The Morgan fingerprint density at radius 2 is 2.06 bits per heavy atom. The van der Waals surface area contributed by atoms with E-state index in [4.69, 9.17) is 11.6 Å². The smallest absolute Gasteiger partial charge is 0.151 e. The van der Waals surface area contributed by atoms with E-state index in [0.717, 1.165) is 6.54 Å². The van der Waals surface area contributed by atoms with Crippen LogP contribution in [0.2, 0.25) is 5.02 Å². The lowest BCUT2D eigenvalue weighted by Crippen LogP contribution is -2.02. The fourth-order valence-electron chi connectivity index (χ4n) is 1.42. The molecule has 0 saturated heterocycles. The number of hydrogen-bond donors (Lipinski definition) is 2. The zero-order valence-electron chi connectivity index (χ0n) is 9.74. The Labute approximate surface area is 109 Å². The van der Waals surface area contributed by atoms with Crippen molar-refractivity contribution < 1.29 is 4.39 Å². The second kappa shape index (κ2) is 5.64. The summed E-state index contributed by atoms with van der Waals surface area (Å²) >= 11 is 5.95. The molecule has 0 aliphatic carbocycles. The van der Waals surface area contributed by atoms with Crippen LogP contribution in [0.3, 0.4) is 0 Å². The lowest BCUT2D eigenvalue weighted by molar-refractivity contribution is 0.628. The molecule has 6 heteroatoms. The molecule has 4 nitrogen and oxygen atoms in total. The number of aromatic nitrogens is 2. The van der Waals surface area contributed by atoms with Gasteiger partial charge in [-0.2, -0.15) is 0 Å². The van der Waals surface area contributed by atoms with E-state index in [0.29, 0.717) is 22.3 Å². The Bertz CT molecular complexity index is 547. The summed E-state index contributed by atoms with van der Waals surface area (Å²) in [6.07, 6.45) is 3.16. The molecule has 18 heavy (non-hydrogen) atoms. The van der Waals surface area contributed by atoms with Gasteiger partial charge in [0.2, 0.25) is 0 Å². The highest BCUT2D eigenvalue weighted by Gasteiger charge is 2.04. The standard InChI is InChI=1S/C12H12ClFN4/c1-2-16-11-6-15-7-12(18-11)17-10-5-8(14)3-4-9(10)13/h3-7H,2H2,1H3,(H2,16,17,18). The topological polar surface area (TPSA) is 49.8 Å². The third kappa shape index (κ3) is 3.07. The maximum atomic E-state index is 13.1. The summed E-state index contributed by atoms with van der Waals surface area (Å²) in [5.74, 6) is 0.786. The minimum absolute atomic E-state index is 0.363. The van der Waals surface area contributed by atoms with Crippen LogP contribution in [-0.4, -0.2) is 16.5 Å². The highest BCUT2D eigenvalue weighted by molar-refractivity contribution is 6.33. The van der Waals surface area contributed by atoms with Crippen molar-refractivity contribution in [3.8, 4) is 0 Å². The zero-order chi connectivity index (χ0) is 13.0. The van der Waals surface area contributed by atoms with Crippen molar-refractivity contribution >= 4 is 28.9 Å². The highest BCUT2D eigenvalue weighted by Crippen LogP contribution is 2.25. The Morgan fingerprint density at radius 3 is 2.83 bits per heavy atom. The second-order valence-electron chi connectivity index (χ2n) is 3.57. The monoisotopic (exact) mass is 266 g/mol. The fourth-order valence-corrected chi connectivity index (χ4v) is 1.59. The molecular formula is C12H12ClFN4. The van der Waals surface area contributed by atoms with E-state index in [1.54, 1.807) is 12.4 Å². The molecule has 94 valence electrons. The average molecular weight is 267 g/mol. The molecule has 0 atom stereocenters. The number of rotatable bonds is 4. The summed E-state index contributed by atoms with van der Waals surface area (Å²) in [4.78, 5) is 8.29. The van der Waals surface area contributed by atoms with E-state index < -0.39 is 0 Å². The highest BCUT2D eigenvalue weighted by atomic mass is 35.5. The normalized spacial score (nSPS) is 10.2. The van der Waals surface area contributed by atoms with E-state index in [1.165, 1.54) is 18.2 Å². The fraction of sp³-hybridized carbons (Fsp3) is 0.167. The SMILES string of the molecule is CCNc1cncc(Nc2cc(F)ccc2Cl)n1. The van der Waals surface area contributed by atoms with E-state index in [-0.39, 0.29) is 5.82 Å². The number of halogens is 2. The molecule has 0 aliphatic rings. The molecule has 1 aromatic carbocycles. The lowest BCUT2D eigenvalue weighted by Gasteiger charge is -2.09. The van der Waals surface area contributed by atoms with Crippen molar-refractivity contribution in [2.75, 3.05) is 17.2 Å². The van der Waals surface area contributed by atoms with Gasteiger partial charge in [-0.05, 0) is 25.1 Å². The van der Waals surface area contributed by atoms with E-state index in [2.05, 4.69) is 20.6 Å². The zero-order valence-corrected chi connectivity index (χ0v) is 10.5. The quantitative estimate of drug-likeness (QED) is 0.890. The molecule has 0 saturated carbocycles. The third-order valence-corrected chi connectivity index (χ3v) is 2.51. The maximum Gasteiger partial charge on any atom is 0.151 e. The predicted octanol–water partition coefficient (Wildman–Crippen LogP) is 3.44. The first-order chi connectivity index (χ1) is 8.69. The van der Waals surface area contributed by atoms with Gasteiger partial charge in [0, 0.05) is 6.54 Å². The van der Waals surface area contributed by atoms with Crippen molar-refractivity contribution in [2.45, 2.75) is 6.92 Å². The van der Waals surface area contributed by atoms with Crippen LogP contribution in [-0.2, 0) is 0 Å². The Balaban J connectivity index is 2.22. The molecule has 1 heterocycles. The first-order valence-electron chi connectivity index (χ1n) is 5.47. The van der Waals surface area contributed by atoms with Gasteiger partial charge in [-0.15, -0.1) is 0 Å². The largest absolute Gasteiger partial charge is 0.369 e. The maximum absolute atomic E-state index is 13.1. The predicted molar refractivity (Wildman–Crippen MR) is 70.9 cm³/mol. The molecule has 0 fully saturated rings. The molecule has 1 aromatic heterocycles. The summed E-state index contributed by atoms with van der Waals surface area (Å²) in [7, 11) is 0. The van der Waals surface area contributed by atoms with Gasteiger partial charge in [0.1, 0.15) is 11.6 Å². The first-order valence-corrected chi connectivity index (χ1v) is 5.85. The molecule has 0 spiro atoms. The second-order valence-corrected chi connectivity index (χ2v) is 3.98. The van der Waals surface area contributed by atoms with E-state index in [9.17, 15) is 4.39 Å². The molecule has 2 aromatic rings. The van der Waals surface area contributed by atoms with Gasteiger partial charge in [-0.3, -0.25) is 4.98 Å². The van der Waals surface area contributed by atoms with Crippen LogP contribution in [0, 0.1) is 5.82 Å². The molecule has 0 unspecified atom stereocenters. The average Bonchev–Trinajstić information content (AvgIpc) is 2.35. The minimum Gasteiger partial charge on any atom is -0.369 e. The molecule has 2 N–H and O–H groups in total. The van der Waals surface area contributed by atoms with Gasteiger partial charge in [-0.25, -0.2) is 9.37 Å². The van der Waals surface area contributed by atoms with Gasteiger partial charge in [0.05, 0.1) is 23.1 Å². The molecular weight excluding hydrogens is 255 g/mol. The molecule has 2 rings (SSSR count). The summed E-state index contributed by atoms with van der Waals surface area (Å²) < 4.78 is 13.1. The van der Waals surface area contributed by atoms with Gasteiger partial charge in [-0.1, -0.05) is 11.6 Å². The van der Waals surface area contributed by atoms with Gasteiger partial charge < -0.3 is 10.6 Å². The number of benzene rings is 1. The van der Waals surface area contributed by atoms with Gasteiger partial charge in [0.25, 0.3) is 0 Å². The van der Waals surface area contributed by atoms with Crippen molar-refractivity contribution in [2.24, 2.45) is 0 Å². The molecule has 0 radical (unpaired) electrons. The van der Waals surface area contributed by atoms with Gasteiger partial charge >= 0.3 is 0 Å². The number of anilines is 3. The third-order valence-electron chi connectivity index (χ3n) is 2.18. The minimum atomic E-state index is -0.363. The van der Waals surface area contributed by atoms with Crippen molar-refractivity contribution in [1.82, 2.24) is 9.97 Å². The molecule has 0 aliphatic heterocycles. The van der Waals surface area contributed by atoms with E-state index in [1.807, 2.05) is 6.92 Å². The number of hydrogen-bond acceptors (Lipinski definition) is 4. The summed E-state index contributed by atoms with van der Waals surface area (Å²) in [6, 6.07) is 4.10. The van der Waals surface area contributed by atoms with Gasteiger partial charge in [0.15, 0.2) is 5.82 Å². The van der Waals surface area contributed by atoms with Crippen LogP contribution in [0.5, 0.6) is 0 Å². The van der Waals surface area contributed by atoms with Crippen LogP contribution in [0.4, 0.5) is 21.7 Å². The summed E-state index contributed by atoms with van der Waals surface area (Å²) in [5, 5.41) is 6.39. The Kier molecular flexibility index (Phi) is 3.94. The molecule has 0 bridgehead atoms. The van der Waals surface area contributed by atoms with Crippen molar-refractivity contribution in [3.63, 3.8) is 0 Å². The van der Waals surface area contributed by atoms with E-state index >= 15 is 0 Å². The van der Waals surface area contributed by atoms with Crippen LogP contribution in [0.1, 0.15) is 6.92 Å². The first kappa shape index (κ1) is 12.6. The van der Waals surface area contributed by atoms with Crippen molar-refractivity contribution in [1.29, 1.82) is 0 Å². The summed E-state index contributed by atoms with van der Waals surface area (Å²) in [5.41, 5.74) is 0.458. The Hall–Kier alpha value is -1.88. The molecule has 0 amide bonds. The Morgan fingerprint density at radius 1 is 1.28 bits per heavy atom. The number of nitrogens with one attached hydrogen (secondary N) is 2. The van der Waals surface area contributed by atoms with Crippen LogP contribution in [0.15, 0.2) is 30.6 Å². The van der Waals surface area contributed by atoms with Crippen LogP contribution >= 0.6 is 11.6 Å². The van der Waals surface area contributed by atoms with Crippen molar-refractivity contribution in [3.05, 3.63) is 41.4 Å². The number of nitrogens with zero attached hydrogens (tertiary/aromatic N) is 2. The summed E-state index contributed by atoms with van der Waals surface area (Å²) in [6.45, 7) is 2.71.